The van der Waals surface area contributed by atoms with Gasteiger partial charge in [-0.2, -0.15) is 0 Å². The molecule has 4 rings (SSSR count). The highest BCUT2D eigenvalue weighted by atomic mass is 16.5. The maximum atomic E-state index is 10.1. The number of carboxylic acid groups (broad SMARTS) is 4. The van der Waals surface area contributed by atoms with Crippen LogP contribution in [0.15, 0.2) is 36.4 Å². The fraction of sp³-hybridized carbons (Fsp3) is 0.407. The van der Waals surface area contributed by atoms with Crippen molar-refractivity contribution in [3.8, 4) is 17.2 Å². The number of hydrogen-bond acceptors (Lipinski definition) is 9. The number of carbonyl (C=O) groups is 4. The minimum atomic E-state index is -2.07. The molecule has 0 bridgehead atoms. The minimum Gasteiger partial charge on any atom is -0.539 e. The highest BCUT2D eigenvalue weighted by Gasteiger charge is 2.34. The SMILES string of the molecule is COc1cc2c(cc1OC)C[NH+](C1CCC[NH+](Cc3ccccc3O)C1)CC2.O=C([O-])C(=O)O.O=C([O-])C(=O)O. The number of hydrogen-bond donors (Lipinski definition) is 5. The van der Waals surface area contributed by atoms with E-state index in [1.54, 1.807) is 30.1 Å². The number of phenolic OH excluding ortho intramolecular Hbond substituents is 1. The van der Waals surface area contributed by atoms with Gasteiger partial charge in [0.05, 0.1) is 27.3 Å². The van der Waals surface area contributed by atoms with Crippen LogP contribution in [-0.4, -0.2) is 79.1 Å². The number of ether oxygens (including phenoxy) is 2. The number of likely N-dealkylation sites (tertiary alicyclic amines) is 1. The van der Waals surface area contributed by atoms with Crippen LogP contribution >= 0.6 is 0 Å². The van der Waals surface area contributed by atoms with Crippen molar-refractivity contribution >= 4 is 23.9 Å². The lowest BCUT2D eigenvalue weighted by Crippen LogP contribution is -3.24. The van der Waals surface area contributed by atoms with E-state index in [4.69, 9.17) is 49.1 Å². The number of nitrogens with one attached hydrogen (secondary N) is 2. The summed E-state index contributed by atoms with van der Waals surface area (Å²) in [6.45, 7) is 5.52. The molecular weight excluding hydrogens is 528 g/mol. The molecule has 2 aliphatic rings. The van der Waals surface area contributed by atoms with Gasteiger partial charge in [-0.05, 0) is 29.8 Å². The maximum Gasteiger partial charge on any atom is 0.351 e. The molecule has 218 valence electrons. The fourth-order valence-corrected chi connectivity index (χ4v) is 4.93. The van der Waals surface area contributed by atoms with E-state index in [0.29, 0.717) is 11.8 Å². The lowest BCUT2D eigenvalue weighted by molar-refractivity contribution is -0.998. The molecule has 0 saturated carbocycles. The predicted molar refractivity (Wildman–Crippen MR) is 134 cm³/mol. The van der Waals surface area contributed by atoms with Gasteiger partial charge in [0.15, 0.2) is 23.4 Å². The van der Waals surface area contributed by atoms with Gasteiger partial charge < -0.3 is 54.4 Å². The molecule has 1 saturated heterocycles. The summed E-state index contributed by atoms with van der Waals surface area (Å²) in [7, 11) is 3.41. The summed E-state index contributed by atoms with van der Waals surface area (Å²) in [4.78, 5) is 39.3. The fourth-order valence-electron chi connectivity index (χ4n) is 4.93. The van der Waals surface area contributed by atoms with Gasteiger partial charge in [0.1, 0.15) is 31.4 Å². The average molecular weight is 563 g/mol. The van der Waals surface area contributed by atoms with Crippen LogP contribution in [-0.2, 0) is 38.7 Å². The maximum absolute atomic E-state index is 10.1. The number of methoxy groups -OCH3 is 2. The first-order chi connectivity index (χ1) is 19.0. The quantitative estimate of drug-likeness (QED) is 0.224. The third-order valence-electron chi connectivity index (χ3n) is 6.82. The lowest BCUT2D eigenvalue weighted by atomic mass is 9.95. The van der Waals surface area contributed by atoms with Crippen molar-refractivity contribution in [2.24, 2.45) is 0 Å². The van der Waals surface area contributed by atoms with E-state index in [9.17, 15) is 5.11 Å². The summed E-state index contributed by atoms with van der Waals surface area (Å²) in [5.41, 5.74) is 3.86. The smallest absolute Gasteiger partial charge is 0.351 e. The van der Waals surface area contributed by atoms with E-state index >= 15 is 0 Å². The molecule has 2 heterocycles. The van der Waals surface area contributed by atoms with Gasteiger partial charge in [0.25, 0.3) is 0 Å². The molecule has 2 aliphatic heterocycles. The standard InChI is InChI=1S/C23H30N2O3.2C2H2O4/c1-27-22-12-17-9-11-25(15-19(17)13-23(22)28-2)20-7-5-10-24(16-20)14-18-6-3-4-8-21(18)26;2*3-1(4)2(5)6/h3-4,6,8,12-13,20,26H,5,7,9-11,14-16H2,1-2H3;2*(H,3,4)(H,5,6). The minimum absolute atomic E-state index is 0.428. The first-order valence-electron chi connectivity index (χ1n) is 12.5. The third-order valence-corrected chi connectivity index (χ3v) is 6.82. The molecular formula is C27H34N2O11. The van der Waals surface area contributed by atoms with Crippen LogP contribution in [0.3, 0.4) is 0 Å². The Morgan fingerprint density at radius 3 is 2.00 bits per heavy atom. The summed E-state index contributed by atoms with van der Waals surface area (Å²) in [5, 5.41) is 42.8. The summed E-state index contributed by atoms with van der Waals surface area (Å²) in [5.74, 6) is -5.92. The van der Waals surface area contributed by atoms with E-state index in [1.807, 2.05) is 12.1 Å². The number of para-hydroxylation sites is 1. The molecule has 40 heavy (non-hydrogen) atoms. The van der Waals surface area contributed by atoms with Crippen LogP contribution in [0.1, 0.15) is 29.5 Å². The van der Waals surface area contributed by atoms with Gasteiger partial charge in [-0.3, -0.25) is 0 Å². The number of carbonyl (C=O) groups excluding carboxylic acids is 2. The molecule has 2 aromatic carbocycles. The summed E-state index contributed by atoms with van der Waals surface area (Å²) in [6, 6.07) is 12.8. The molecule has 13 heteroatoms. The predicted octanol–water partition coefficient (Wildman–Crippen LogP) is -3.76. The highest BCUT2D eigenvalue weighted by molar-refractivity contribution is 6.26. The molecule has 0 aliphatic carbocycles. The van der Waals surface area contributed by atoms with Crippen molar-refractivity contribution < 1.29 is 64.0 Å². The average Bonchev–Trinajstić information content (AvgIpc) is 2.94. The Hall–Kier alpha value is -4.36. The molecule has 3 unspecified atom stereocenters. The Morgan fingerprint density at radius 1 is 0.925 bits per heavy atom. The first-order valence-corrected chi connectivity index (χ1v) is 12.5. The van der Waals surface area contributed by atoms with E-state index in [0.717, 1.165) is 36.6 Å². The number of phenols is 1. The van der Waals surface area contributed by atoms with Crippen molar-refractivity contribution in [3.63, 3.8) is 0 Å². The topological polar surface area (TPSA) is 202 Å². The molecule has 0 spiro atoms. The van der Waals surface area contributed by atoms with Crippen molar-refractivity contribution in [3.05, 3.63) is 53.1 Å². The second-order valence-corrected chi connectivity index (χ2v) is 9.34. The van der Waals surface area contributed by atoms with Crippen LogP contribution in [0.4, 0.5) is 0 Å². The Labute approximate surface area is 230 Å². The van der Waals surface area contributed by atoms with Crippen LogP contribution in [0, 0.1) is 0 Å². The Kier molecular flexibility index (Phi) is 12.2. The monoisotopic (exact) mass is 562 g/mol. The Bertz CT molecular complexity index is 1150. The molecule has 13 nitrogen and oxygen atoms in total. The zero-order chi connectivity index (χ0) is 29.8. The number of piperidine rings is 1. The van der Waals surface area contributed by atoms with Crippen LogP contribution in [0.25, 0.3) is 0 Å². The third kappa shape index (κ3) is 9.43. The van der Waals surface area contributed by atoms with Crippen molar-refractivity contribution in [2.45, 2.75) is 38.4 Å². The second-order valence-electron chi connectivity index (χ2n) is 9.34. The molecule has 0 aromatic heterocycles. The lowest BCUT2D eigenvalue weighted by Gasteiger charge is -2.37. The molecule has 5 N–H and O–H groups in total. The van der Waals surface area contributed by atoms with Gasteiger partial charge >= 0.3 is 11.9 Å². The largest absolute Gasteiger partial charge is 0.539 e. The number of benzene rings is 2. The first kappa shape index (κ1) is 31.9. The van der Waals surface area contributed by atoms with Gasteiger partial charge in [-0.1, -0.05) is 12.1 Å². The van der Waals surface area contributed by atoms with E-state index in [-0.39, 0.29) is 0 Å². The van der Waals surface area contributed by atoms with Gasteiger partial charge in [-0.25, -0.2) is 9.59 Å². The van der Waals surface area contributed by atoms with Gasteiger partial charge in [0.2, 0.25) is 0 Å². The van der Waals surface area contributed by atoms with E-state index < -0.39 is 23.9 Å². The summed E-state index contributed by atoms with van der Waals surface area (Å²) >= 11 is 0. The van der Waals surface area contributed by atoms with Crippen LogP contribution in [0.2, 0.25) is 0 Å². The number of fused-ring (bicyclic) bond motifs is 1. The molecule has 0 amide bonds. The van der Waals surface area contributed by atoms with Crippen LogP contribution < -0.4 is 29.5 Å². The van der Waals surface area contributed by atoms with E-state index in [2.05, 4.69) is 18.2 Å². The Morgan fingerprint density at radius 2 is 1.48 bits per heavy atom. The van der Waals surface area contributed by atoms with E-state index in [1.165, 1.54) is 43.6 Å². The second kappa shape index (κ2) is 15.3. The molecule has 1 fully saturated rings. The van der Waals surface area contributed by atoms with Crippen molar-refractivity contribution in [1.82, 2.24) is 0 Å². The molecule has 2 aromatic rings. The Balaban J connectivity index is 0.000000393. The van der Waals surface area contributed by atoms with Crippen molar-refractivity contribution in [2.75, 3.05) is 33.9 Å². The zero-order valence-corrected chi connectivity index (χ0v) is 22.3. The van der Waals surface area contributed by atoms with Crippen LogP contribution in [0.5, 0.6) is 17.2 Å². The number of carboxylic acids is 4. The highest BCUT2D eigenvalue weighted by Crippen LogP contribution is 2.31. The molecule has 0 radical (unpaired) electrons. The number of aromatic hydroxyl groups is 1. The van der Waals surface area contributed by atoms with Crippen molar-refractivity contribution in [1.29, 1.82) is 0 Å². The molecule has 3 atom stereocenters. The normalized spacial score (nSPS) is 19.3. The van der Waals surface area contributed by atoms with Gasteiger partial charge in [0, 0.05) is 30.4 Å². The number of quaternary nitrogens is 2. The number of rotatable bonds is 5. The zero-order valence-electron chi connectivity index (χ0n) is 22.3. The van der Waals surface area contributed by atoms with Gasteiger partial charge in [-0.15, -0.1) is 0 Å². The summed E-state index contributed by atoms with van der Waals surface area (Å²) in [6.07, 6.45) is 3.65. The number of aliphatic carboxylic acids is 4. The summed E-state index contributed by atoms with van der Waals surface area (Å²) < 4.78 is 11.0.